The minimum absolute atomic E-state index is 0.0230. The Morgan fingerprint density at radius 3 is 2.59 bits per heavy atom. The van der Waals surface area contributed by atoms with E-state index < -0.39 is 28.6 Å². The third-order valence-electron chi connectivity index (χ3n) is 11.5. The number of aryl methyl sites for hydroxylation is 2. The lowest BCUT2D eigenvalue weighted by Crippen LogP contribution is -2.56. The van der Waals surface area contributed by atoms with E-state index in [1.165, 1.54) is 23.6 Å². The highest BCUT2D eigenvalue weighted by molar-refractivity contribution is 5.90. The van der Waals surface area contributed by atoms with E-state index in [0.29, 0.717) is 19.3 Å². The molecule has 4 aliphatic carbocycles. The molecule has 0 aromatic heterocycles. The zero-order valence-corrected chi connectivity index (χ0v) is 24.0. The molecule has 3 aromatic carbocycles. The molecule has 2 saturated carbocycles. The van der Waals surface area contributed by atoms with Crippen molar-refractivity contribution in [2.75, 3.05) is 13.7 Å². The van der Waals surface area contributed by atoms with Gasteiger partial charge in [-0.15, -0.1) is 0 Å². The van der Waals surface area contributed by atoms with Gasteiger partial charge in [0.2, 0.25) is 0 Å². The maximum Gasteiger partial charge on any atom is 0.185 e. The molecule has 0 heterocycles. The van der Waals surface area contributed by atoms with Crippen LogP contribution in [0.5, 0.6) is 0 Å². The summed E-state index contributed by atoms with van der Waals surface area (Å²) in [6.45, 7) is 6.43. The van der Waals surface area contributed by atoms with E-state index in [2.05, 4.69) is 62.0 Å². The SMILES string of the molecule is C=C1[C@H]2[C@@H](CO)C[C@]3(C(=O)CCc4cccc(c4)C[C@H]4c5cc6cc(ccc6cc5CC[C@H]4O)C[C@]13C)[C@@]2(O)OC. The number of ether oxygens (including phenoxy) is 1. The smallest absolute Gasteiger partial charge is 0.185 e. The summed E-state index contributed by atoms with van der Waals surface area (Å²) in [5.74, 6) is -2.54. The summed E-state index contributed by atoms with van der Waals surface area (Å²) in [7, 11) is 1.48. The van der Waals surface area contributed by atoms with Crippen LogP contribution in [0.4, 0.5) is 0 Å². The van der Waals surface area contributed by atoms with Gasteiger partial charge in [-0.3, -0.25) is 4.79 Å². The van der Waals surface area contributed by atoms with E-state index in [0.717, 1.165) is 46.9 Å². The summed E-state index contributed by atoms with van der Waals surface area (Å²) >= 11 is 0. The average molecular weight is 553 g/mol. The van der Waals surface area contributed by atoms with E-state index >= 15 is 0 Å². The number of rotatable bonds is 2. The fourth-order valence-electron chi connectivity index (χ4n) is 9.44. The van der Waals surface area contributed by atoms with Gasteiger partial charge in [0.25, 0.3) is 0 Å². The van der Waals surface area contributed by atoms with Crippen LogP contribution < -0.4 is 0 Å². The highest BCUT2D eigenvalue weighted by Crippen LogP contribution is 2.74. The molecule has 3 aromatic rings. The zero-order chi connectivity index (χ0) is 28.7. The fraction of sp³-hybridized carbons (Fsp3) is 0.472. The van der Waals surface area contributed by atoms with Crippen molar-refractivity contribution < 1.29 is 24.9 Å². The van der Waals surface area contributed by atoms with Crippen molar-refractivity contribution >= 4 is 16.6 Å². The van der Waals surface area contributed by atoms with Gasteiger partial charge in [-0.05, 0) is 83.0 Å². The Morgan fingerprint density at radius 1 is 1.00 bits per heavy atom. The summed E-state index contributed by atoms with van der Waals surface area (Å²) in [6, 6.07) is 19.4. The Labute approximate surface area is 241 Å². The Morgan fingerprint density at radius 2 is 1.80 bits per heavy atom. The largest absolute Gasteiger partial charge is 0.396 e. The Kier molecular flexibility index (Phi) is 6.16. The van der Waals surface area contributed by atoms with Gasteiger partial charge >= 0.3 is 0 Å². The molecular formula is C36H40O5. The van der Waals surface area contributed by atoms with E-state index in [4.69, 9.17) is 4.74 Å². The zero-order valence-electron chi connectivity index (χ0n) is 24.0. The molecule has 7 rings (SSSR count). The molecule has 0 radical (unpaired) electrons. The van der Waals surface area contributed by atoms with Crippen LogP contribution in [0.25, 0.3) is 10.8 Å². The molecule has 5 nitrogen and oxygen atoms in total. The van der Waals surface area contributed by atoms with Crippen LogP contribution in [0.3, 0.4) is 0 Å². The number of fused-ring (bicyclic) bond motifs is 4. The monoisotopic (exact) mass is 552 g/mol. The maximum atomic E-state index is 14.6. The maximum absolute atomic E-state index is 14.6. The molecule has 7 atom stereocenters. The first-order valence-electron chi connectivity index (χ1n) is 15.1. The van der Waals surface area contributed by atoms with Crippen molar-refractivity contribution in [2.45, 2.75) is 69.7 Å². The second-order valence-corrected chi connectivity index (χ2v) is 13.4. The number of carbonyl (C=O) groups is 1. The third kappa shape index (κ3) is 3.59. The molecule has 0 aliphatic heterocycles. The predicted octanol–water partition coefficient (Wildman–Crippen LogP) is 5.06. The summed E-state index contributed by atoms with van der Waals surface area (Å²) in [4.78, 5) is 14.6. The minimum atomic E-state index is -1.73. The van der Waals surface area contributed by atoms with Gasteiger partial charge in [-0.2, -0.15) is 0 Å². The van der Waals surface area contributed by atoms with Gasteiger partial charge in [-0.1, -0.05) is 73.7 Å². The van der Waals surface area contributed by atoms with Crippen LogP contribution in [0.1, 0.15) is 59.9 Å². The molecule has 214 valence electrons. The highest BCUT2D eigenvalue weighted by Gasteiger charge is 2.80. The first-order valence-corrected chi connectivity index (χ1v) is 15.1. The van der Waals surface area contributed by atoms with Crippen molar-refractivity contribution in [1.82, 2.24) is 0 Å². The molecule has 0 saturated heterocycles. The van der Waals surface area contributed by atoms with Crippen LogP contribution >= 0.6 is 0 Å². The standard InChI is InChI=1S/C36H40O5/c1-21-33-28(20-37)19-35(36(33,40)41-3)32(39)12-8-22-5-4-6-23(13-22)15-30-29-17-27-14-24(18-34(21,35)2)7-9-25(27)16-26(29)10-11-31(30)38/h4-7,9,13-14,16-17,28,30-31,33,37-38,40H,1,8,10-12,15,18-20H2,2-3H3/t28-,30+,31-,33+,34-,35-,36+/m1/s1. The van der Waals surface area contributed by atoms with Crippen LogP contribution in [0.2, 0.25) is 0 Å². The predicted molar refractivity (Wildman–Crippen MR) is 159 cm³/mol. The molecule has 2 fully saturated rings. The van der Waals surface area contributed by atoms with E-state index in [1.807, 2.05) is 6.07 Å². The Hall–Kier alpha value is -2.83. The Bertz CT molecular complexity index is 1580. The van der Waals surface area contributed by atoms with Crippen molar-refractivity contribution in [1.29, 1.82) is 0 Å². The molecule has 3 N–H and O–H groups in total. The number of benzene rings is 3. The molecule has 5 heteroatoms. The molecular weight excluding hydrogens is 512 g/mol. The van der Waals surface area contributed by atoms with Gasteiger partial charge in [0, 0.05) is 37.4 Å². The Balaban J connectivity index is 1.44. The van der Waals surface area contributed by atoms with Crippen molar-refractivity contribution in [2.24, 2.45) is 22.7 Å². The quantitative estimate of drug-likeness (QED) is 0.306. The minimum Gasteiger partial charge on any atom is -0.396 e. The average Bonchev–Trinajstić information content (AvgIpc) is 3.32. The number of Topliss-reactive ketones (excluding diaryl/α,β-unsaturated/α-hetero) is 1. The second kappa shape index (κ2) is 9.34. The van der Waals surface area contributed by atoms with Gasteiger partial charge < -0.3 is 20.1 Å². The van der Waals surface area contributed by atoms with Crippen LogP contribution in [-0.4, -0.2) is 46.7 Å². The molecule has 1 spiro atoms. The van der Waals surface area contributed by atoms with Crippen LogP contribution in [0, 0.1) is 22.7 Å². The van der Waals surface area contributed by atoms with E-state index in [9.17, 15) is 20.1 Å². The van der Waals surface area contributed by atoms with Gasteiger partial charge in [0.05, 0.1) is 11.5 Å². The lowest BCUT2D eigenvalue weighted by Gasteiger charge is -2.48. The number of aliphatic hydroxyl groups excluding tert-OH is 2. The van der Waals surface area contributed by atoms with Gasteiger partial charge in [-0.25, -0.2) is 0 Å². The fourth-order valence-corrected chi connectivity index (χ4v) is 9.44. The van der Waals surface area contributed by atoms with Crippen LogP contribution in [-0.2, 0) is 35.2 Å². The summed E-state index contributed by atoms with van der Waals surface area (Å²) in [5.41, 5.74) is 4.65. The summed E-state index contributed by atoms with van der Waals surface area (Å²) < 4.78 is 5.90. The van der Waals surface area contributed by atoms with Gasteiger partial charge in [0.1, 0.15) is 5.78 Å². The van der Waals surface area contributed by atoms with Crippen molar-refractivity contribution in [3.63, 3.8) is 0 Å². The van der Waals surface area contributed by atoms with E-state index in [-0.39, 0.29) is 30.6 Å². The molecule has 4 aliphatic rings. The van der Waals surface area contributed by atoms with Gasteiger partial charge in [0.15, 0.2) is 5.79 Å². The summed E-state index contributed by atoms with van der Waals surface area (Å²) in [6.07, 6.45) is 3.69. The van der Waals surface area contributed by atoms with Crippen molar-refractivity contribution in [3.8, 4) is 0 Å². The summed E-state index contributed by atoms with van der Waals surface area (Å²) in [5, 5.41) is 36.0. The molecule has 0 unspecified atom stereocenters. The number of aliphatic hydroxyl groups is 3. The van der Waals surface area contributed by atoms with Crippen molar-refractivity contribution in [3.05, 3.63) is 94.6 Å². The molecule has 7 bridgehead atoms. The number of ketones is 1. The number of carbonyl (C=O) groups excluding carboxylic acids is 1. The van der Waals surface area contributed by atoms with E-state index in [1.54, 1.807) is 0 Å². The topological polar surface area (TPSA) is 87.0 Å². The molecule has 0 amide bonds. The molecule has 41 heavy (non-hydrogen) atoms. The lowest BCUT2D eigenvalue weighted by molar-refractivity contribution is -0.254. The number of methoxy groups -OCH3 is 1. The second-order valence-electron chi connectivity index (χ2n) is 13.4. The first kappa shape index (κ1) is 27.0. The normalized spacial score (nSPS) is 36.3. The number of hydrogen-bond acceptors (Lipinski definition) is 5. The lowest BCUT2D eigenvalue weighted by atomic mass is 9.55. The first-order chi connectivity index (χ1) is 19.6. The third-order valence-corrected chi connectivity index (χ3v) is 11.5. The van der Waals surface area contributed by atoms with Crippen LogP contribution in [0.15, 0.2) is 66.7 Å². The number of hydrogen-bond donors (Lipinski definition) is 3. The highest BCUT2D eigenvalue weighted by atomic mass is 16.6.